The van der Waals surface area contributed by atoms with Crippen LogP contribution in [0.3, 0.4) is 0 Å². The molecule has 0 aliphatic rings. The van der Waals surface area contributed by atoms with Crippen LogP contribution >= 0.6 is 11.6 Å². The number of hydrogen-bond acceptors (Lipinski definition) is 5. The number of rotatable bonds is 4. The van der Waals surface area contributed by atoms with E-state index < -0.39 is 30.0 Å². The van der Waals surface area contributed by atoms with E-state index in [4.69, 9.17) is 21.1 Å². The SMILES string of the molecule is O=C(O)CNC(=O)c1c(=O)oc(O)c2cccc(-c3ccc(Cl)cc3)c12. The van der Waals surface area contributed by atoms with Gasteiger partial charge in [-0.15, -0.1) is 0 Å². The fourth-order valence-corrected chi connectivity index (χ4v) is 2.74. The third-order valence-electron chi connectivity index (χ3n) is 3.72. The molecule has 2 aromatic carbocycles. The van der Waals surface area contributed by atoms with E-state index in [9.17, 15) is 19.5 Å². The van der Waals surface area contributed by atoms with Crippen LogP contribution < -0.4 is 10.9 Å². The third kappa shape index (κ3) is 3.25. The normalized spacial score (nSPS) is 10.7. The average Bonchev–Trinajstić information content (AvgIpc) is 2.60. The van der Waals surface area contributed by atoms with Crippen LogP contribution in [0.1, 0.15) is 10.4 Å². The van der Waals surface area contributed by atoms with Gasteiger partial charge in [-0.25, -0.2) is 4.79 Å². The molecule has 0 aliphatic heterocycles. The molecule has 0 radical (unpaired) electrons. The van der Waals surface area contributed by atoms with Crippen LogP contribution in [-0.4, -0.2) is 28.6 Å². The summed E-state index contributed by atoms with van der Waals surface area (Å²) in [7, 11) is 0. The van der Waals surface area contributed by atoms with Crippen LogP contribution in [0.4, 0.5) is 0 Å². The van der Waals surface area contributed by atoms with Gasteiger partial charge in [0.2, 0.25) is 0 Å². The summed E-state index contributed by atoms with van der Waals surface area (Å²) in [4.78, 5) is 35.3. The van der Waals surface area contributed by atoms with Crippen molar-refractivity contribution < 1.29 is 24.2 Å². The monoisotopic (exact) mass is 373 g/mol. The lowest BCUT2D eigenvalue weighted by Gasteiger charge is -2.11. The molecule has 0 saturated heterocycles. The number of nitrogens with one attached hydrogen (secondary N) is 1. The summed E-state index contributed by atoms with van der Waals surface area (Å²) in [6.45, 7) is -0.663. The number of carboxylic acids is 1. The number of fused-ring (bicyclic) bond motifs is 1. The number of aromatic hydroxyl groups is 1. The van der Waals surface area contributed by atoms with Crippen LogP contribution in [0, 0.1) is 0 Å². The van der Waals surface area contributed by atoms with E-state index in [1.807, 2.05) is 0 Å². The molecule has 1 heterocycles. The zero-order valence-electron chi connectivity index (χ0n) is 13.2. The highest BCUT2D eigenvalue weighted by Crippen LogP contribution is 2.34. The summed E-state index contributed by atoms with van der Waals surface area (Å²) in [6, 6.07) is 11.5. The quantitative estimate of drug-likeness (QED) is 0.647. The van der Waals surface area contributed by atoms with Crippen molar-refractivity contribution in [2.75, 3.05) is 6.54 Å². The molecule has 1 aromatic heterocycles. The number of benzene rings is 2. The summed E-state index contributed by atoms with van der Waals surface area (Å²) in [5, 5.41) is 21.7. The molecule has 26 heavy (non-hydrogen) atoms. The number of hydrogen-bond donors (Lipinski definition) is 3. The Labute approximate surface area is 151 Å². The highest BCUT2D eigenvalue weighted by molar-refractivity contribution is 6.30. The largest absolute Gasteiger partial charge is 0.480 e. The van der Waals surface area contributed by atoms with Crippen molar-refractivity contribution in [2.24, 2.45) is 0 Å². The number of aliphatic carboxylic acids is 1. The van der Waals surface area contributed by atoms with E-state index in [0.717, 1.165) is 0 Å². The summed E-state index contributed by atoms with van der Waals surface area (Å²) >= 11 is 5.90. The first-order valence-corrected chi connectivity index (χ1v) is 7.81. The minimum absolute atomic E-state index is 0.150. The van der Waals surface area contributed by atoms with E-state index >= 15 is 0 Å². The molecular formula is C18H12ClNO6. The standard InChI is InChI=1S/C18H12ClNO6/c19-10-6-4-9(5-7-10)11-2-1-3-12-14(11)15(18(25)26-17(12)24)16(23)20-8-13(21)22/h1-7,24H,8H2,(H,20,23)(H,21,22). The molecule has 1 amide bonds. The smallest absolute Gasteiger partial charge is 0.352 e. The highest BCUT2D eigenvalue weighted by atomic mass is 35.5. The van der Waals surface area contributed by atoms with Gasteiger partial charge in [0.15, 0.2) is 0 Å². The van der Waals surface area contributed by atoms with Gasteiger partial charge < -0.3 is 19.9 Å². The average molecular weight is 374 g/mol. The zero-order chi connectivity index (χ0) is 18.8. The van der Waals surface area contributed by atoms with Crippen molar-refractivity contribution in [2.45, 2.75) is 0 Å². The Morgan fingerprint density at radius 1 is 1.12 bits per heavy atom. The Balaban J connectivity index is 2.30. The van der Waals surface area contributed by atoms with Gasteiger partial charge in [-0.05, 0) is 29.3 Å². The predicted octanol–water partition coefficient (Wildman–Crippen LogP) is 2.63. The van der Waals surface area contributed by atoms with Crippen LogP contribution in [0.25, 0.3) is 21.9 Å². The molecule has 0 bridgehead atoms. The second kappa shape index (κ2) is 6.89. The fourth-order valence-electron chi connectivity index (χ4n) is 2.62. The maximum Gasteiger partial charge on any atom is 0.352 e. The lowest BCUT2D eigenvalue weighted by atomic mass is 9.96. The lowest BCUT2D eigenvalue weighted by Crippen LogP contribution is -2.32. The van der Waals surface area contributed by atoms with E-state index in [-0.39, 0.29) is 16.3 Å². The Morgan fingerprint density at radius 3 is 2.46 bits per heavy atom. The zero-order valence-corrected chi connectivity index (χ0v) is 13.9. The molecule has 0 fully saturated rings. The summed E-state index contributed by atoms with van der Waals surface area (Å²) < 4.78 is 4.73. The first-order chi connectivity index (χ1) is 12.4. The Kier molecular flexibility index (Phi) is 4.64. The van der Waals surface area contributed by atoms with Crippen molar-refractivity contribution in [1.29, 1.82) is 0 Å². The molecule has 3 aromatic rings. The number of carboxylic acid groups (broad SMARTS) is 1. The molecule has 0 unspecified atom stereocenters. The summed E-state index contributed by atoms with van der Waals surface area (Å²) in [5.74, 6) is -2.80. The summed E-state index contributed by atoms with van der Waals surface area (Å²) in [5.41, 5.74) is -0.316. The van der Waals surface area contributed by atoms with Crippen molar-refractivity contribution >= 4 is 34.2 Å². The third-order valence-corrected chi connectivity index (χ3v) is 3.97. The topological polar surface area (TPSA) is 117 Å². The molecule has 0 spiro atoms. The number of halogens is 1. The van der Waals surface area contributed by atoms with Crippen LogP contribution in [-0.2, 0) is 4.79 Å². The van der Waals surface area contributed by atoms with Gasteiger partial charge in [0.1, 0.15) is 12.1 Å². The van der Waals surface area contributed by atoms with Crippen molar-refractivity contribution in [1.82, 2.24) is 5.32 Å². The number of carbonyl (C=O) groups is 2. The van der Waals surface area contributed by atoms with Crippen molar-refractivity contribution in [3.05, 3.63) is 63.5 Å². The molecule has 7 nitrogen and oxygen atoms in total. The molecular weight excluding hydrogens is 362 g/mol. The minimum atomic E-state index is -1.26. The highest BCUT2D eigenvalue weighted by Gasteiger charge is 2.22. The van der Waals surface area contributed by atoms with Crippen LogP contribution in [0.5, 0.6) is 5.95 Å². The van der Waals surface area contributed by atoms with Gasteiger partial charge in [0.25, 0.3) is 11.9 Å². The van der Waals surface area contributed by atoms with E-state index in [1.165, 1.54) is 6.07 Å². The van der Waals surface area contributed by atoms with Gasteiger partial charge in [0.05, 0.1) is 5.39 Å². The van der Waals surface area contributed by atoms with E-state index in [2.05, 4.69) is 5.32 Å². The van der Waals surface area contributed by atoms with E-state index in [1.54, 1.807) is 36.4 Å². The second-order valence-electron chi connectivity index (χ2n) is 5.38. The Hall–Kier alpha value is -3.32. The van der Waals surface area contributed by atoms with Gasteiger partial charge in [0, 0.05) is 10.4 Å². The second-order valence-corrected chi connectivity index (χ2v) is 5.82. The van der Waals surface area contributed by atoms with Gasteiger partial charge in [-0.3, -0.25) is 9.59 Å². The van der Waals surface area contributed by atoms with Crippen LogP contribution in [0.15, 0.2) is 51.7 Å². The maximum atomic E-state index is 12.4. The molecule has 0 aliphatic carbocycles. The Bertz CT molecular complexity index is 1070. The summed E-state index contributed by atoms with van der Waals surface area (Å²) in [6.07, 6.45) is 0. The lowest BCUT2D eigenvalue weighted by molar-refractivity contribution is -0.135. The molecule has 132 valence electrons. The van der Waals surface area contributed by atoms with Gasteiger partial charge >= 0.3 is 11.6 Å². The number of carbonyl (C=O) groups excluding carboxylic acids is 1. The first kappa shape index (κ1) is 17.5. The van der Waals surface area contributed by atoms with Gasteiger partial charge in [-0.2, -0.15) is 0 Å². The molecule has 8 heteroatoms. The van der Waals surface area contributed by atoms with Crippen LogP contribution in [0.2, 0.25) is 5.02 Å². The van der Waals surface area contributed by atoms with Gasteiger partial charge in [-0.1, -0.05) is 35.9 Å². The minimum Gasteiger partial charge on any atom is -0.480 e. The molecule has 3 N–H and O–H groups in total. The molecule has 0 saturated carbocycles. The maximum absolute atomic E-state index is 12.4. The molecule has 0 atom stereocenters. The van der Waals surface area contributed by atoms with Crippen molar-refractivity contribution in [3.8, 4) is 17.1 Å². The number of amides is 1. The molecule has 3 rings (SSSR count). The van der Waals surface area contributed by atoms with Crippen molar-refractivity contribution in [3.63, 3.8) is 0 Å². The van der Waals surface area contributed by atoms with E-state index in [0.29, 0.717) is 16.1 Å². The Morgan fingerprint density at radius 2 is 1.81 bits per heavy atom. The first-order valence-electron chi connectivity index (χ1n) is 7.43. The predicted molar refractivity (Wildman–Crippen MR) is 94.6 cm³/mol. The fraction of sp³-hybridized carbons (Fsp3) is 0.0556.